The van der Waals surface area contributed by atoms with E-state index in [0.717, 1.165) is 19.6 Å². The number of ketones is 1. The number of halogens is 2. The number of nitrogens with zero attached hydrogens (tertiary/aromatic N) is 2. The Labute approximate surface area is 184 Å². The van der Waals surface area contributed by atoms with Crippen molar-refractivity contribution < 1.29 is 28.2 Å². The molecule has 4 rings (SSSR count). The van der Waals surface area contributed by atoms with E-state index in [4.69, 9.17) is 4.74 Å². The van der Waals surface area contributed by atoms with E-state index in [9.17, 15) is 23.5 Å². The quantitative estimate of drug-likeness (QED) is 0.423. The maximum atomic E-state index is 13.5. The Bertz CT molecular complexity index is 1020. The van der Waals surface area contributed by atoms with Gasteiger partial charge < -0.3 is 14.7 Å². The van der Waals surface area contributed by atoms with Crippen molar-refractivity contribution in [3.8, 4) is 0 Å². The van der Waals surface area contributed by atoms with Crippen LogP contribution in [0.15, 0.2) is 54.1 Å². The zero-order valence-electron chi connectivity index (χ0n) is 17.5. The van der Waals surface area contributed by atoms with Crippen molar-refractivity contribution in [3.63, 3.8) is 0 Å². The zero-order chi connectivity index (χ0) is 22.7. The molecule has 2 aliphatic rings. The van der Waals surface area contributed by atoms with Gasteiger partial charge in [-0.15, -0.1) is 0 Å². The molecular formula is C24H24F2N2O4. The SMILES string of the molecule is O=C1C(=O)N(CCCN2CCOCC2)C(c2ccc(F)cc2)/C1=C(/O)c1ccc(F)cc1. The molecule has 0 radical (unpaired) electrons. The molecule has 2 aromatic carbocycles. The molecule has 2 heterocycles. The van der Waals surface area contributed by atoms with Crippen molar-refractivity contribution >= 4 is 17.4 Å². The van der Waals surface area contributed by atoms with Gasteiger partial charge in [0.15, 0.2) is 0 Å². The molecule has 0 bridgehead atoms. The molecule has 1 unspecified atom stereocenters. The first-order valence-corrected chi connectivity index (χ1v) is 10.6. The van der Waals surface area contributed by atoms with Crippen molar-refractivity contribution in [2.45, 2.75) is 12.5 Å². The van der Waals surface area contributed by atoms with E-state index in [1.54, 1.807) is 0 Å². The third-order valence-corrected chi connectivity index (χ3v) is 5.82. The number of hydrogen-bond donors (Lipinski definition) is 1. The fourth-order valence-corrected chi connectivity index (χ4v) is 4.15. The van der Waals surface area contributed by atoms with Gasteiger partial charge in [0.05, 0.1) is 24.8 Å². The fourth-order valence-electron chi connectivity index (χ4n) is 4.15. The average molecular weight is 442 g/mol. The molecule has 2 aromatic rings. The van der Waals surface area contributed by atoms with Crippen molar-refractivity contribution in [2.75, 3.05) is 39.4 Å². The summed E-state index contributed by atoms with van der Waals surface area (Å²) in [7, 11) is 0. The van der Waals surface area contributed by atoms with Crippen molar-refractivity contribution in [1.29, 1.82) is 0 Å². The summed E-state index contributed by atoms with van der Waals surface area (Å²) >= 11 is 0. The summed E-state index contributed by atoms with van der Waals surface area (Å²) in [6, 6.07) is 9.67. The molecule has 1 amide bonds. The summed E-state index contributed by atoms with van der Waals surface area (Å²) < 4.78 is 32.2. The number of aliphatic hydroxyl groups is 1. The molecule has 168 valence electrons. The Morgan fingerprint density at radius 2 is 1.53 bits per heavy atom. The van der Waals surface area contributed by atoms with Crippen LogP contribution in [0.2, 0.25) is 0 Å². The lowest BCUT2D eigenvalue weighted by Gasteiger charge is -2.29. The number of Topliss-reactive ketones (excluding diaryl/α,β-unsaturated/α-hetero) is 1. The smallest absolute Gasteiger partial charge is 0.295 e. The second-order valence-corrected chi connectivity index (χ2v) is 7.86. The minimum Gasteiger partial charge on any atom is -0.507 e. The standard InChI is InChI=1S/C24H24F2N2O4/c25-18-6-2-16(3-7-18)21-20(22(29)17-4-8-19(26)9-5-17)23(30)24(31)28(21)11-1-10-27-12-14-32-15-13-27/h2-9,21,29H,1,10-15H2/b22-20-. The molecule has 2 fully saturated rings. The lowest BCUT2D eigenvalue weighted by atomic mass is 9.95. The number of benzene rings is 2. The molecule has 0 aliphatic carbocycles. The summed E-state index contributed by atoms with van der Waals surface area (Å²) in [4.78, 5) is 29.5. The van der Waals surface area contributed by atoms with E-state index in [1.165, 1.54) is 53.4 Å². The molecule has 1 atom stereocenters. The Morgan fingerprint density at radius 1 is 0.938 bits per heavy atom. The first kappa shape index (κ1) is 22.1. The molecule has 2 saturated heterocycles. The number of morpholine rings is 1. The van der Waals surface area contributed by atoms with E-state index in [1.807, 2.05) is 0 Å². The first-order chi connectivity index (χ1) is 15.5. The van der Waals surface area contributed by atoms with Crippen LogP contribution in [0.3, 0.4) is 0 Å². The molecule has 0 spiro atoms. The number of likely N-dealkylation sites (tertiary alicyclic amines) is 1. The number of ether oxygens (including phenoxy) is 1. The van der Waals surface area contributed by atoms with Gasteiger partial charge in [0.25, 0.3) is 11.7 Å². The highest BCUT2D eigenvalue weighted by molar-refractivity contribution is 6.46. The number of amides is 1. The van der Waals surface area contributed by atoms with Crippen molar-refractivity contribution in [2.24, 2.45) is 0 Å². The van der Waals surface area contributed by atoms with Crippen LogP contribution < -0.4 is 0 Å². The Hall–Kier alpha value is -3.10. The van der Waals surface area contributed by atoms with Gasteiger partial charge in [-0.1, -0.05) is 12.1 Å². The highest BCUT2D eigenvalue weighted by Crippen LogP contribution is 2.39. The van der Waals surface area contributed by atoms with E-state index in [2.05, 4.69) is 4.90 Å². The molecule has 0 aromatic heterocycles. The highest BCUT2D eigenvalue weighted by atomic mass is 19.1. The number of carbonyl (C=O) groups excluding carboxylic acids is 2. The van der Waals surface area contributed by atoms with E-state index in [0.29, 0.717) is 31.7 Å². The average Bonchev–Trinajstić information content (AvgIpc) is 3.05. The third-order valence-electron chi connectivity index (χ3n) is 5.82. The van der Waals surface area contributed by atoms with Gasteiger partial charge in [-0.2, -0.15) is 0 Å². The monoisotopic (exact) mass is 442 g/mol. The molecule has 6 nitrogen and oxygen atoms in total. The number of carbonyl (C=O) groups is 2. The van der Waals surface area contributed by atoms with E-state index >= 15 is 0 Å². The topological polar surface area (TPSA) is 70.1 Å². The van der Waals surface area contributed by atoms with E-state index < -0.39 is 29.4 Å². The lowest BCUT2D eigenvalue weighted by molar-refractivity contribution is -0.140. The third kappa shape index (κ3) is 4.56. The molecule has 0 saturated carbocycles. The second-order valence-electron chi connectivity index (χ2n) is 7.86. The normalized spacial score (nSPS) is 21.3. The largest absolute Gasteiger partial charge is 0.507 e. The summed E-state index contributed by atoms with van der Waals surface area (Å²) in [5.74, 6) is -2.84. The molecular weight excluding hydrogens is 418 g/mol. The predicted octanol–water partition coefficient (Wildman–Crippen LogP) is 3.11. The van der Waals surface area contributed by atoms with Crippen LogP contribution in [0.5, 0.6) is 0 Å². The Morgan fingerprint density at radius 3 is 2.16 bits per heavy atom. The van der Waals surface area contributed by atoms with E-state index in [-0.39, 0.29) is 16.9 Å². The van der Waals surface area contributed by atoms with Gasteiger partial charge in [-0.05, 0) is 48.4 Å². The maximum Gasteiger partial charge on any atom is 0.295 e. The summed E-state index contributed by atoms with van der Waals surface area (Å²) in [6.07, 6.45) is 0.626. The number of hydrogen-bond acceptors (Lipinski definition) is 5. The van der Waals surface area contributed by atoms with Crippen LogP contribution in [0, 0.1) is 11.6 Å². The van der Waals surface area contributed by atoms with Gasteiger partial charge >= 0.3 is 0 Å². The highest BCUT2D eigenvalue weighted by Gasteiger charge is 2.45. The van der Waals surface area contributed by atoms with Crippen LogP contribution in [0.4, 0.5) is 8.78 Å². The lowest BCUT2D eigenvalue weighted by Crippen LogP contribution is -2.38. The first-order valence-electron chi connectivity index (χ1n) is 10.6. The second kappa shape index (κ2) is 9.58. The zero-order valence-corrected chi connectivity index (χ0v) is 17.5. The Kier molecular flexibility index (Phi) is 6.62. The molecule has 8 heteroatoms. The van der Waals surface area contributed by atoms with Gasteiger partial charge in [-0.3, -0.25) is 14.5 Å². The maximum absolute atomic E-state index is 13.5. The van der Waals surface area contributed by atoms with Gasteiger partial charge in [-0.25, -0.2) is 8.78 Å². The minimum atomic E-state index is -0.856. The van der Waals surface area contributed by atoms with Gasteiger partial charge in [0.2, 0.25) is 0 Å². The van der Waals surface area contributed by atoms with Crippen molar-refractivity contribution in [1.82, 2.24) is 9.80 Å². The molecule has 32 heavy (non-hydrogen) atoms. The Balaban J connectivity index is 1.66. The molecule has 1 N–H and O–H groups in total. The summed E-state index contributed by atoms with van der Waals surface area (Å²) in [6.45, 7) is 3.98. The van der Waals surface area contributed by atoms with Gasteiger partial charge in [0, 0.05) is 31.7 Å². The number of aliphatic hydroxyl groups excluding tert-OH is 1. The predicted molar refractivity (Wildman–Crippen MR) is 114 cm³/mol. The van der Waals surface area contributed by atoms with Crippen LogP contribution in [0.1, 0.15) is 23.6 Å². The summed E-state index contributed by atoms with van der Waals surface area (Å²) in [5, 5.41) is 10.9. The van der Waals surface area contributed by atoms with Crippen LogP contribution >= 0.6 is 0 Å². The fraction of sp³-hybridized carbons (Fsp3) is 0.333. The van der Waals surface area contributed by atoms with Crippen LogP contribution in [-0.4, -0.2) is 66.0 Å². The van der Waals surface area contributed by atoms with Crippen LogP contribution in [0.25, 0.3) is 5.76 Å². The minimum absolute atomic E-state index is 0.0837. The summed E-state index contributed by atoms with van der Waals surface area (Å²) in [5.41, 5.74) is 0.657. The molecule has 2 aliphatic heterocycles. The van der Waals surface area contributed by atoms with Crippen molar-refractivity contribution in [3.05, 3.63) is 76.9 Å². The van der Waals surface area contributed by atoms with Gasteiger partial charge in [0.1, 0.15) is 17.4 Å². The van der Waals surface area contributed by atoms with Crippen LogP contribution in [-0.2, 0) is 14.3 Å². The number of rotatable bonds is 6.